The minimum Gasteiger partial charge on any atom is -0.493 e. The van der Waals surface area contributed by atoms with Crippen LogP contribution in [0.15, 0.2) is 41.3 Å². The molecule has 0 unspecified atom stereocenters. The van der Waals surface area contributed by atoms with E-state index in [4.69, 9.17) is 9.47 Å². The van der Waals surface area contributed by atoms with E-state index in [0.29, 0.717) is 17.2 Å². The van der Waals surface area contributed by atoms with Crippen molar-refractivity contribution >= 4 is 26.7 Å². The predicted molar refractivity (Wildman–Crippen MR) is 91.2 cm³/mol. The number of aryl methyl sites for hydroxylation is 1. The number of hydrogen-bond donors (Lipinski definition) is 2. The molecule has 0 amide bonds. The van der Waals surface area contributed by atoms with Crippen LogP contribution >= 0.6 is 0 Å². The van der Waals surface area contributed by atoms with Gasteiger partial charge in [-0.3, -0.25) is 4.72 Å². The molecule has 3 rings (SSSR count). The molecule has 1 heterocycles. The van der Waals surface area contributed by atoms with Crippen LogP contribution in [0, 0.1) is 6.92 Å². The summed E-state index contributed by atoms with van der Waals surface area (Å²) in [7, 11) is -0.806. The molecule has 0 atom stereocenters. The van der Waals surface area contributed by atoms with Gasteiger partial charge in [0, 0.05) is 6.07 Å². The van der Waals surface area contributed by atoms with Gasteiger partial charge in [0.05, 0.1) is 35.8 Å². The second kappa shape index (κ2) is 6.04. The van der Waals surface area contributed by atoms with Crippen LogP contribution in [-0.4, -0.2) is 32.6 Å². The van der Waals surface area contributed by atoms with Crippen molar-refractivity contribution in [2.75, 3.05) is 18.9 Å². The van der Waals surface area contributed by atoms with Gasteiger partial charge in [-0.25, -0.2) is 13.4 Å². The Kier molecular flexibility index (Phi) is 4.06. The largest absolute Gasteiger partial charge is 0.493 e. The van der Waals surface area contributed by atoms with E-state index in [1.807, 2.05) is 6.92 Å². The fraction of sp³-hybridized carbons (Fsp3) is 0.188. The summed E-state index contributed by atoms with van der Waals surface area (Å²) in [5.41, 5.74) is 1.99. The number of aromatic amines is 1. The number of ether oxygens (including phenoxy) is 2. The standard InChI is InChI=1S/C16H17N3O4S/c1-10-17-13-6-4-11(8-14(13)18-10)19-24(20,21)12-5-7-15(22-2)16(9-12)23-3/h4-9,19H,1-3H3,(H,17,18). The molecule has 0 fully saturated rings. The molecule has 3 aromatic rings. The smallest absolute Gasteiger partial charge is 0.262 e. The zero-order valence-corrected chi connectivity index (χ0v) is 14.3. The molecule has 0 radical (unpaired) electrons. The first-order chi connectivity index (χ1) is 11.4. The van der Waals surface area contributed by atoms with E-state index in [9.17, 15) is 8.42 Å². The van der Waals surface area contributed by atoms with Crippen molar-refractivity contribution < 1.29 is 17.9 Å². The first-order valence-electron chi connectivity index (χ1n) is 7.14. The third-order valence-corrected chi connectivity index (χ3v) is 4.90. The minimum atomic E-state index is -3.75. The predicted octanol–water partition coefficient (Wildman–Crippen LogP) is 2.69. The van der Waals surface area contributed by atoms with Crippen molar-refractivity contribution in [2.45, 2.75) is 11.8 Å². The Labute approximate surface area is 139 Å². The van der Waals surface area contributed by atoms with Gasteiger partial charge in [0.2, 0.25) is 0 Å². The maximum absolute atomic E-state index is 12.6. The zero-order chi connectivity index (χ0) is 17.3. The van der Waals surface area contributed by atoms with Crippen LogP contribution in [0.2, 0.25) is 0 Å². The van der Waals surface area contributed by atoms with Crippen molar-refractivity contribution in [3.63, 3.8) is 0 Å². The summed E-state index contributed by atoms with van der Waals surface area (Å²) in [6.07, 6.45) is 0. The lowest BCUT2D eigenvalue weighted by atomic mass is 10.3. The molecule has 0 saturated heterocycles. The molecule has 8 heteroatoms. The molecule has 2 aromatic carbocycles. The maximum atomic E-state index is 12.6. The number of rotatable bonds is 5. The minimum absolute atomic E-state index is 0.0843. The van der Waals surface area contributed by atoms with Gasteiger partial charge in [0.25, 0.3) is 10.0 Å². The van der Waals surface area contributed by atoms with Crippen molar-refractivity contribution in [1.82, 2.24) is 9.97 Å². The zero-order valence-electron chi connectivity index (χ0n) is 13.5. The quantitative estimate of drug-likeness (QED) is 0.740. The van der Waals surface area contributed by atoms with E-state index >= 15 is 0 Å². The number of aromatic nitrogens is 2. The van der Waals surface area contributed by atoms with Crippen molar-refractivity contribution in [3.8, 4) is 11.5 Å². The van der Waals surface area contributed by atoms with E-state index in [-0.39, 0.29) is 4.90 Å². The average molecular weight is 347 g/mol. The number of fused-ring (bicyclic) bond motifs is 1. The van der Waals surface area contributed by atoms with Crippen LogP contribution in [0.4, 0.5) is 5.69 Å². The van der Waals surface area contributed by atoms with Crippen LogP contribution in [0.25, 0.3) is 11.0 Å². The fourth-order valence-corrected chi connectivity index (χ4v) is 3.46. The van der Waals surface area contributed by atoms with Gasteiger partial charge in [-0.15, -0.1) is 0 Å². The fourth-order valence-electron chi connectivity index (χ4n) is 2.40. The van der Waals surface area contributed by atoms with E-state index in [2.05, 4.69) is 14.7 Å². The highest BCUT2D eigenvalue weighted by Gasteiger charge is 2.17. The van der Waals surface area contributed by atoms with Gasteiger partial charge in [0.15, 0.2) is 11.5 Å². The van der Waals surface area contributed by atoms with Crippen molar-refractivity contribution in [3.05, 3.63) is 42.2 Å². The van der Waals surface area contributed by atoms with Gasteiger partial charge in [-0.05, 0) is 37.3 Å². The molecule has 0 spiro atoms. The molecular weight excluding hydrogens is 330 g/mol. The number of nitrogens with zero attached hydrogens (tertiary/aromatic N) is 1. The summed E-state index contributed by atoms with van der Waals surface area (Å²) in [5, 5.41) is 0. The lowest BCUT2D eigenvalue weighted by Gasteiger charge is -2.11. The van der Waals surface area contributed by atoms with E-state index in [1.165, 1.54) is 26.4 Å². The number of hydrogen-bond acceptors (Lipinski definition) is 5. The number of nitrogens with one attached hydrogen (secondary N) is 2. The van der Waals surface area contributed by atoms with Gasteiger partial charge in [-0.2, -0.15) is 0 Å². The van der Waals surface area contributed by atoms with Crippen LogP contribution in [0.5, 0.6) is 11.5 Å². The molecule has 2 N–H and O–H groups in total. The number of H-pyrrole nitrogens is 1. The van der Waals surface area contributed by atoms with Gasteiger partial charge >= 0.3 is 0 Å². The summed E-state index contributed by atoms with van der Waals surface area (Å²) in [6.45, 7) is 1.84. The van der Waals surface area contributed by atoms with Crippen LogP contribution in [0.3, 0.4) is 0 Å². The second-order valence-electron chi connectivity index (χ2n) is 5.18. The molecule has 0 saturated carbocycles. The number of benzene rings is 2. The molecule has 126 valence electrons. The Morgan fingerprint density at radius 3 is 2.50 bits per heavy atom. The third kappa shape index (κ3) is 3.00. The Morgan fingerprint density at radius 1 is 1.04 bits per heavy atom. The summed E-state index contributed by atoms with van der Waals surface area (Å²) in [4.78, 5) is 7.45. The SMILES string of the molecule is COc1ccc(S(=O)(=O)Nc2ccc3nc(C)[nH]c3c2)cc1OC. The van der Waals surface area contributed by atoms with Crippen LogP contribution in [-0.2, 0) is 10.0 Å². The molecule has 0 aliphatic heterocycles. The summed E-state index contributed by atoms with van der Waals surface area (Å²) in [6, 6.07) is 9.55. The molecule has 1 aromatic heterocycles. The summed E-state index contributed by atoms with van der Waals surface area (Å²) in [5.74, 6) is 1.58. The Bertz CT molecular complexity index is 996. The number of imidazole rings is 1. The molecule has 0 aliphatic carbocycles. The highest BCUT2D eigenvalue weighted by atomic mass is 32.2. The van der Waals surface area contributed by atoms with Gasteiger partial charge in [0.1, 0.15) is 5.82 Å². The molecule has 24 heavy (non-hydrogen) atoms. The highest BCUT2D eigenvalue weighted by molar-refractivity contribution is 7.92. The number of sulfonamides is 1. The first-order valence-corrected chi connectivity index (χ1v) is 8.62. The number of methoxy groups -OCH3 is 2. The Hall–Kier alpha value is -2.74. The summed E-state index contributed by atoms with van der Waals surface area (Å²) >= 11 is 0. The molecule has 0 bridgehead atoms. The third-order valence-electron chi connectivity index (χ3n) is 3.52. The maximum Gasteiger partial charge on any atom is 0.262 e. The lowest BCUT2D eigenvalue weighted by Crippen LogP contribution is -2.13. The van der Waals surface area contributed by atoms with Gasteiger partial charge in [-0.1, -0.05) is 0 Å². The number of anilines is 1. The van der Waals surface area contributed by atoms with Crippen molar-refractivity contribution in [1.29, 1.82) is 0 Å². The Balaban J connectivity index is 1.94. The van der Waals surface area contributed by atoms with Crippen LogP contribution < -0.4 is 14.2 Å². The topological polar surface area (TPSA) is 93.3 Å². The second-order valence-corrected chi connectivity index (χ2v) is 6.86. The molecule has 7 nitrogen and oxygen atoms in total. The monoisotopic (exact) mass is 347 g/mol. The van der Waals surface area contributed by atoms with E-state index in [1.54, 1.807) is 24.3 Å². The van der Waals surface area contributed by atoms with E-state index < -0.39 is 10.0 Å². The lowest BCUT2D eigenvalue weighted by molar-refractivity contribution is 0.354. The van der Waals surface area contributed by atoms with Gasteiger partial charge < -0.3 is 14.5 Å². The molecular formula is C16H17N3O4S. The van der Waals surface area contributed by atoms with Crippen LogP contribution in [0.1, 0.15) is 5.82 Å². The molecule has 0 aliphatic rings. The summed E-state index contributed by atoms with van der Waals surface area (Å²) < 4.78 is 38.0. The Morgan fingerprint density at radius 2 is 1.79 bits per heavy atom. The average Bonchev–Trinajstić information content (AvgIpc) is 2.93. The first kappa shape index (κ1) is 16.1. The normalized spacial score (nSPS) is 11.5. The van der Waals surface area contributed by atoms with E-state index in [0.717, 1.165) is 16.9 Å². The van der Waals surface area contributed by atoms with Crippen molar-refractivity contribution in [2.24, 2.45) is 0 Å². The highest BCUT2D eigenvalue weighted by Crippen LogP contribution is 2.30.